The van der Waals surface area contributed by atoms with Crippen LogP contribution < -0.4 is 19.5 Å². The zero-order chi connectivity index (χ0) is 21.5. The van der Waals surface area contributed by atoms with Gasteiger partial charge >= 0.3 is 5.97 Å². The van der Waals surface area contributed by atoms with Crippen LogP contribution in [0.1, 0.15) is 21.9 Å². The van der Waals surface area contributed by atoms with Gasteiger partial charge in [-0.1, -0.05) is 11.8 Å². The lowest BCUT2D eigenvalue weighted by Crippen LogP contribution is -2.19. The third kappa shape index (κ3) is 5.11. The number of esters is 1. The Morgan fingerprint density at radius 3 is 2.57 bits per heavy atom. The fourth-order valence-corrected chi connectivity index (χ4v) is 3.08. The predicted molar refractivity (Wildman–Crippen MR) is 110 cm³/mol. The maximum Gasteiger partial charge on any atom is 0.373 e. The van der Waals surface area contributed by atoms with Gasteiger partial charge in [0.2, 0.25) is 17.4 Å². The van der Waals surface area contributed by atoms with Crippen molar-refractivity contribution in [2.75, 3.05) is 27.1 Å². The van der Waals surface area contributed by atoms with Gasteiger partial charge in [0, 0.05) is 5.56 Å². The highest BCUT2D eigenvalue weighted by Gasteiger charge is 2.17. The molecule has 1 N–H and O–H groups in total. The Bertz CT molecular complexity index is 975. The van der Waals surface area contributed by atoms with E-state index in [1.807, 2.05) is 0 Å². The zero-order valence-electron chi connectivity index (χ0n) is 16.5. The molecular weight excluding hydrogens is 414 g/mol. The van der Waals surface area contributed by atoms with Gasteiger partial charge in [0.1, 0.15) is 12.4 Å². The highest BCUT2D eigenvalue weighted by Crippen LogP contribution is 2.38. The van der Waals surface area contributed by atoms with Crippen LogP contribution in [0, 0.1) is 0 Å². The van der Waals surface area contributed by atoms with Gasteiger partial charge in [-0.2, -0.15) is 5.10 Å². The third-order valence-electron chi connectivity index (χ3n) is 3.83. The fraction of sp³-hybridized carbons (Fsp3) is 0.263. The molecule has 3 rings (SSSR count). The van der Waals surface area contributed by atoms with Gasteiger partial charge in [0.15, 0.2) is 16.7 Å². The molecule has 1 saturated heterocycles. The monoisotopic (exact) mass is 433 g/mol. The van der Waals surface area contributed by atoms with Crippen molar-refractivity contribution in [2.24, 2.45) is 10.2 Å². The molecule has 2 aromatic rings. The van der Waals surface area contributed by atoms with E-state index in [-0.39, 0.29) is 18.3 Å². The van der Waals surface area contributed by atoms with Crippen LogP contribution in [0.25, 0.3) is 0 Å². The van der Waals surface area contributed by atoms with Crippen LogP contribution in [0.2, 0.25) is 0 Å². The van der Waals surface area contributed by atoms with E-state index in [0.29, 0.717) is 39.5 Å². The molecule has 11 heteroatoms. The average molecular weight is 433 g/mol. The molecule has 1 aliphatic heterocycles. The molecule has 0 aliphatic carbocycles. The molecule has 0 radical (unpaired) electrons. The number of furan rings is 1. The molecule has 30 heavy (non-hydrogen) atoms. The molecule has 2 heterocycles. The van der Waals surface area contributed by atoms with E-state index < -0.39 is 5.97 Å². The number of rotatable bonds is 8. The molecule has 158 valence electrons. The smallest absolute Gasteiger partial charge is 0.373 e. The lowest BCUT2D eigenvalue weighted by atomic mass is 10.2. The van der Waals surface area contributed by atoms with Crippen molar-refractivity contribution in [3.05, 3.63) is 41.3 Å². The molecule has 1 fully saturated rings. The fourth-order valence-electron chi connectivity index (χ4n) is 2.45. The second kappa shape index (κ2) is 9.83. The van der Waals surface area contributed by atoms with Gasteiger partial charge in [0.05, 0.1) is 33.3 Å². The lowest BCUT2D eigenvalue weighted by molar-refractivity contribution is -0.116. The van der Waals surface area contributed by atoms with Crippen molar-refractivity contribution < 1.29 is 33.0 Å². The first-order valence-corrected chi connectivity index (χ1v) is 9.62. The second-order valence-electron chi connectivity index (χ2n) is 5.79. The van der Waals surface area contributed by atoms with E-state index in [1.165, 1.54) is 45.4 Å². The summed E-state index contributed by atoms with van der Waals surface area (Å²) in [5, 5.41) is 11.0. The number of hydrogen-bond donors (Lipinski definition) is 1. The number of methoxy groups -OCH3 is 3. The Morgan fingerprint density at radius 1 is 1.23 bits per heavy atom. The number of ether oxygens (including phenoxy) is 4. The van der Waals surface area contributed by atoms with Crippen molar-refractivity contribution in [3.8, 4) is 17.2 Å². The summed E-state index contributed by atoms with van der Waals surface area (Å²) in [6.45, 7) is 0.0434. The lowest BCUT2D eigenvalue weighted by Gasteiger charge is -2.14. The van der Waals surface area contributed by atoms with Gasteiger partial charge in [0.25, 0.3) is 0 Å². The molecule has 10 nitrogen and oxygen atoms in total. The van der Waals surface area contributed by atoms with Crippen LogP contribution in [0.4, 0.5) is 0 Å². The highest BCUT2D eigenvalue weighted by atomic mass is 32.2. The summed E-state index contributed by atoms with van der Waals surface area (Å²) in [6.07, 6.45) is 1.50. The van der Waals surface area contributed by atoms with Crippen molar-refractivity contribution in [1.82, 2.24) is 5.32 Å². The summed E-state index contributed by atoms with van der Waals surface area (Å²) in [7, 11) is 4.27. The third-order valence-corrected chi connectivity index (χ3v) is 4.70. The largest absolute Gasteiger partial charge is 0.493 e. The van der Waals surface area contributed by atoms with Crippen LogP contribution in [-0.2, 0) is 16.1 Å². The van der Waals surface area contributed by atoms with Crippen molar-refractivity contribution in [2.45, 2.75) is 6.61 Å². The maximum atomic E-state index is 11.5. The van der Waals surface area contributed by atoms with Crippen LogP contribution in [0.3, 0.4) is 0 Å². The van der Waals surface area contributed by atoms with Crippen molar-refractivity contribution in [1.29, 1.82) is 0 Å². The van der Waals surface area contributed by atoms with E-state index in [0.717, 1.165) is 0 Å². The number of hydrogen-bond acceptors (Lipinski definition) is 10. The Morgan fingerprint density at radius 2 is 1.97 bits per heavy atom. The molecular formula is C19H19N3O7S. The number of nitrogens with zero attached hydrogens (tertiary/aromatic N) is 2. The van der Waals surface area contributed by atoms with Crippen LogP contribution in [0.5, 0.6) is 17.2 Å². The molecule has 1 aromatic heterocycles. The summed E-state index contributed by atoms with van der Waals surface area (Å²) < 4.78 is 26.6. The van der Waals surface area contributed by atoms with E-state index in [9.17, 15) is 9.59 Å². The Hall–Kier alpha value is -3.47. The number of benzene rings is 1. The zero-order valence-corrected chi connectivity index (χ0v) is 17.3. The first kappa shape index (κ1) is 21.2. The average Bonchev–Trinajstić information content (AvgIpc) is 3.40. The number of carbonyl (C=O) groups is 2. The minimum atomic E-state index is -0.570. The first-order chi connectivity index (χ1) is 14.5. The van der Waals surface area contributed by atoms with Gasteiger partial charge in [-0.3, -0.25) is 4.79 Å². The molecule has 0 spiro atoms. The minimum absolute atomic E-state index is 0.0434. The van der Waals surface area contributed by atoms with Crippen LogP contribution >= 0.6 is 11.8 Å². The van der Waals surface area contributed by atoms with Gasteiger partial charge < -0.3 is 28.7 Å². The quantitative estimate of drug-likeness (QED) is 0.382. The standard InChI is InChI=1S/C19H19N3O7S/c1-25-14-6-11(8-20-22-19-21-16(23)10-30-19)7-15(26-2)17(14)28-9-12-4-5-13(29-12)18(24)27-3/h4-8H,9-10H2,1-3H3,(H,21,22,23). The molecule has 1 amide bonds. The number of amidine groups is 1. The number of carbonyl (C=O) groups excluding carboxylic acids is 2. The topological polar surface area (TPSA) is 121 Å². The van der Waals surface area contributed by atoms with E-state index >= 15 is 0 Å². The second-order valence-corrected chi connectivity index (χ2v) is 6.75. The van der Waals surface area contributed by atoms with Crippen LogP contribution in [-0.4, -0.2) is 50.3 Å². The highest BCUT2D eigenvalue weighted by molar-refractivity contribution is 8.15. The van der Waals surface area contributed by atoms with Crippen LogP contribution in [0.15, 0.2) is 38.9 Å². The molecule has 0 unspecified atom stereocenters. The maximum absolute atomic E-state index is 11.5. The summed E-state index contributed by atoms with van der Waals surface area (Å²) in [5.74, 6) is 1.35. The molecule has 1 aromatic carbocycles. The van der Waals surface area contributed by atoms with E-state index in [1.54, 1.807) is 18.2 Å². The van der Waals surface area contributed by atoms with Crippen molar-refractivity contribution >= 4 is 35.0 Å². The molecule has 1 aliphatic rings. The number of nitrogens with one attached hydrogen (secondary N) is 1. The van der Waals surface area contributed by atoms with E-state index in [4.69, 9.17) is 18.6 Å². The molecule has 0 bridgehead atoms. The van der Waals surface area contributed by atoms with Gasteiger partial charge in [-0.15, -0.1) is 5.10 Å². The number of amides is 1. The Labute approximate surface area is 176 Å². The number of thioether (sulfide) groups is 1. The van der Waals surface area contributed by atoms with Gasteiger partial charge in [-0.05, 0) is 24.3 Å². The van der Waals surface area contributed by atoms with Gasteiger partial charge in [-0.25, -0.2) is 4.79 Å². The molecule has 0 atom stereocenters. The summed E-state index contributed by atoms with van der Waals surface area (Å²) in [4.78, 5) is 22.6. The Balaban J connectivity index is 1.75. The normalized spacial score (nSPS) is 14.8. The SMILES string of the molecule is COC(=O)c1ccc(COc2c(OC)cc(C=NN=C3NC(=O)CS3)cc2OC)o1. The molecule has 0 saturated carbocycles. The predicted octanol–water partition coefficient (Wildman–Crippen LogP) is 2.22. The first-order valence-electron chi connectivity index (χ1n) is 8.63. The Kier molecular flexibility index (Phi) is 6.96. The summed E-state index contributed by atoms with van der Waals surface area (Å²) in [6, 6.07) is 6.52. The van der Waals surface area contributed by atoms with Crippen molar-refractivity contribution in [3.63, 3.8) is 0 Å². The van der Waals surface area contributed by atoms with E-state index in [2.05, 4.69) is 20.3 Å². The summed E-state index contributed by atoms with van der Waals surface area (Å²) in [5.41, 5.74) is 0.653. The summed E-state index contributed by atoms with van der Waals surface area (Å²) >= 11 is 1.28. The minimum Gasteiger partial charge on any atom is -0.493 e.